The Kier molecular flexibility index (Phi) is 5.54. The van der Waals surface area contributed by atoms with Gasteiger partial charge in [-0.15, -0.1) is 0 Å². The highest BCUT2D eigenvalue weighted by molar-refractivity contribution is 9.10. The smallest absolute Gasteiger partial charge is 0.419 e. The van der Waals surface area contributed by atoms with Crippen molar-refractivity contribution in [1.29, 1.82) is 0 Å². The molecular weight excluding hydrogens is 456 g/mol. The summed E-state index contributed by atoms with van der Waals surface area (Å²) in [5.74, 6) is -1.12. The second-order valence-electron chi connectivity index (χ2n) is 5.82. The van der Waals surface area contributed by atoms with E-state index in [0.717, 1.165) is 12.0 Å². The molecule has 1 aliphatic heterocycles. The van der Waals surface area contributed by atoms with E-state index in [2.05, 4.69) is 25.8 Å². The average Bonchev–Trinajstić information content (AvgIpc) is 2.89. The lowest BCUT2D eigenvalue weighted by Crippen LogP contribution is -2.47. The topological polar surface area (TPSA) is 84.7 Å². The molecule has 27 heavy (non-hydrogen) atoms. The van der Waals surface area contributed by atoms with Gasteiger partial charge in [-0.3, -0.25) is 4.79 Å². The maximum absolute atomic E-state index is 13.2. The van der Waals surface area contributed by atoms with Crippen molar-refractivity contribution >= 4 is 27.6 Å². The summed E-state index contributed by atoms with van der Waals surface area (Å²) in [4.78, 5) is 24.6. The van der Waals surface area contributed by atoms with E-state index in [9.17, 15) is 41.0 Å². The average molecular weight is 468 g/mol. The number of nitrogens with zero attached hydrogens (tertiary/aromatic N) is 3. The summed E-state index contributed by atoms with van der Waals surface area (Å²) in [5, 5.41) is 13.2. The Hall–Kier alpha value is -1.83. The molecule has 1 saturated heterocycles. The van der Waals surface area contributed by atoms with Crippen molar-refractivity contribution in [2.45, 2.75) is 37.0 Å². The Morgan fingerprint density at radius 2 is 2.00 bits per heavy atom. The standard InChI is InChI=1S/C13H12BrF6N3O4/c1-27-10(25)6-2-11(26,13(18,19)20)4-22(6)7-3-21-23(5-12(15,16)17)9(24)8(7)14/h3,6,26H,2,4-5H2,1H3. The van der Waals surface area contributed by atoms with Gasteiger partial charge in [0.15, 0.2) is 5.60 Å². The van der Waals surface area contributed by atoms with Crippen LogP contribution in [0.4, 0.5) is 32.0 Å². The van der Waals surface area contributed by atoms with Crippen LogP contribution in [0.5, 0.6) is 0 Å². The van der Waals surface area contributed by atoms with Crippen LogP contribution in [-0.2, 0) is 16.1 Å². The first-order valence-corrected chi connectivity index (χ1v) is 7.95. The predicted octanol–water partition coefficient (Wildman–Crippen LogP) is 1.61. The molecule has 1 N–H and O–H groups in total. The number of rotatable bonds is 3. The highest BCUT2D eigenvalue weighted by Crippen LogP contribution is 2.43. The minimum atomic E-state index is -5.10. The van der Waals surface area contributed by atoms with Crippen LogP contribution < -0.4 is 10.5 Å². The molecule has 152 valence electrons. The highest BCUT2D eigenvalue weighted by atomic mass is 79.9. The molecule has 0 spiro atoms. The summed E-state index contributed by atoms with van der Waals surface area (Å²) in [7, 11) is 0.917. The molecule has 0 aliphatic carbocycles. The van der Waals surface area contributed by atoms with Gasteiger partial charge in [-0.1, -0.05) is 0 Å². The summed E-state index contributed by atoms with van der Waals surface area (Å²) < 4.78 is 80.8. The minimum absolute atomic E-state index is 0.0623. The number of aliphatic hydroxyl groups is 1. The molecule has 7 nitrogen and oxygen atoms in total. The van der Waals surface area contributed by atoms with Crippen LogP contribution >= 0.6 is 15.9 Å². The van der Waals surface area contributed by atoms with E-state index in [1.54, 1.807) is 0 Å². The predicted molar refractivity (Wildman–Crippen MR) is 81.0 cm³/mol. The van der Waals surface area contributed by atoms with Crippen LogP contribution in [0.2, 0.25) is 0 Å². The quantitative estimate of drug-likeness (QED) is 0.537. The zero-order valence-corrected chi connectivity index (χ0v) is 15.0. The second kappa shape index (κ2) is 6.96. The van der Waals surface area contributed by atoms with Crippen molar-refractivity contribution in [1.82, 2.24) is 9.78 Å². The summed E-state index contributed by atoms with van der Waals surface area (Å²) in [6.07, 6.45) is -10.2. The minimum Gasteiger partial charge on any atom is -0.467 e. The number of β-amino-alcohol motifs (C(OH)–C–C–N with tert-alkyl or cyclic N) is 1. The fourth-order valence-corrected chi connectivity index (χ4v) is 3.17. The Balaban J connectivity index is 2.50. The number of halogens is 7. The molecule has 0 bridgehead atoms. The molecule has 2 unspecified atom stereocenters. The van der Waals surface area contributed by atoms with Crippen LogP contribution in [0.15, 0.2) is 15.5 Å². The fraction of sp³-hybridized carbons (Fsp3) is 0.615. The van der Waals surface area contributed by atoms with Gasteiger partial charge in [0, 0.05) is 6.42 Å². The fourth-order valence-electron chi connectivity index (χ4n) is 2.63. The molecule has 0 radical (unpaired) electrons. The molecule has 2 heterocycles. The second-order valence-corrected chi connectivity index (χ2v) is 6.62. The van der Waals surface area contributed by atoms with Crippen molar-refractivity contribution in [3.05, 3.63) is 21.0 Å². The normalized spacial score (nSPS) is 23.6. The SMILES string of the molecule is COC(=O)C1CC(O)(C(F)(F)F)CN1c1cnn(CC(F)(F)F)c(=O)c1Br. The first-order chi connectivity index (χ1) is 12.2. The third-order valence-corrected chi connectivity index (χ3v) is 4.69. The molecule has 1 aliphatic rings. The van der Waals surface area contributed by atoms with Gasteiger partial charge in [0.1, 0.15) is 17.1 Å². The zero-order valence-electron chi connectivity index (χ0n) is 13.4. The molecule has 2 atom stereocenters. The number of aromatic nitrogens is 2. The van der Waals surface area contributed by atoms with E-state index >= 15 is 0 Å². The number of hydrogen-bond acceptors (Lipinski definition) is 6. The number of carbonyl (C=O) groups excluding carboxylic acids is 1. The van der Waals surface area contributed by atoms with E-state index in [1.807, 2.05) is 0 Å². The lowest BCUT2D eigenvalue weighted by molar-refractivity contribution is -0.251. The highest BCUT2D eigenvalue weighted by Gasteiger charge is 2.62. The van der Waals surface area contributed by atoms with Crippen LogP contribution in [0.25, 0.3) is 0 Å². The Morgan fingerprint density at radius 1 is 1.41 bits per heavy atom. The van der Waals surface area contributed by atoms with Gasteiger partial charge >= 0.3 is 18.3 Å². The Morgan fingerprint density at radius 3 is 2.48 bits per heavy atom. The van der Waals surface area contributed by atoms with Gasteiger partial charge in [0.2, 0.25) is 0 Å². The van der Waals surface area contributed by atoms with Gasteiger partial charge in [0.25, 0.3) is 5.56 Å². The number of methoxy groups -OCH3 is 1. The van der Waals surface area contributed by atoms with E-state index in [0.29, 0.717) is 6.20 Å². The van der Waals surface area contributed by atoms with Crippen molar-refractivity contribution < 1.29 is 41.0 Å². The van der Waals surface area contributed by atoms with Crippen molar-refractivity contribution in [3.63, 3.8) is 0 Å². The summed E-state index contributed by atoms with van der Waals surface area (Å²) in [5.41, 5.74) is -4.93. The number of alkyl halides is 6. The van der Waals surface area contributed by atoms with E-state index in [-0.39, 0.29) is 10.4 Å². The van der Waals surface area contributed by atoms with Crippen LogP contribution in [-0.4, -0.2) is 58.5 Å². The molecule has 0 saturated carbocycles. The number of ether oxygens (including phenoxy) is 1. The maximum atomic E-state index is 13.2. The first-order valence-electron chi connectivity index (χ1n) is 7.16. The van der Waals surface area contributed by atoms with Crippen molar-refractivity contribution in [2.75, 3.05) is 18.6 Å². The molecule has 1 aromatic rings. The Labute approximate surface area is 155 Å². The summed E-state index contributed by atoms with van der Waals surface area (Å²) in [6.45, 7) is -2.85. The summed E-state index contributed by atoms with van der Waals surface area (Å²) in [6, 6.07) is -1.63. The first kappa shape index (κ1) is 21.5. The van der Waals surface area contributed by atoms with Crippen molar-refractivity contribution in [2.24, 2.45) is 0 Å². The third kappa shape index (κ3) is 4.20. The number of esters is 1. The van der Waals surface area contributed by atoms with Crippen LogP contribution in [0.1, 0.15) is 6.42 Å². The van der Waals surface area contributed by atoms with E-state index in [1.165, 1.54) is 0 Å². The van der Waals surface area contributed by atoms with E-state index < -0.39 is 59.5 Å². The molecule has 0 aromatic carbocycles. The van der Waals surface area contributed by atoms with Gasteiger partial charge in [-0.05, 0) is 15.9 Å². The number of carbonyl (C=O) groups is 1. The molecular formula is C13H12BrF6N3O4. The number of hydrogen-bond donors (Lipinski definition) is 1. The van der Waals surface area contributed by atoms with Crippen LogP contribution in [0, 0.1) is 0 Å². The van der Waals surface area contributed by atoms with Gasteiger partial charge in [-0.25, -0.2) is 9.48 Å². The molecule has 0 amide bonds. The summed E-state index contributed by atoms with van der Waals surface area (Å²) >= 11 is 2.74. The van der Waals surface area contributed by atoms with Crippen molar-refractivity contribution in [3.8, 4) is 0 Å². The monoisotopic (exact) mass is 467 g/mol. The van der Waals surface area contributed by atoms with Gasteiger partial charge < -0.3 is 14.7 Å². The lowest BCUT2D eigenvalue weighted by Gasteiger charge is -2.27. The molecule has 1 aromatic heterocycles. The van der Waals surface area contributed by atoms with Crippen LogP contribution in [0.3, 0.4) is 0 Å². The van der Waals surface area contributed by atoms with Gasteiger partial charge in [0.05, 0.1) is 25.5 Å². The molecule has 2 rings (SSSR count). The van der Waals surface area contributed by atoms with E-state index in [4.69, 9.17) is 0 Å². The molecule has 14 heteroatoms. The largest absolute Gasteiger partial charge is 0.467 e. The molecule has 1 fully saturated rings. The lowest BCUT2D eigenvalue weighted by atomic mass is 10.00. The number of anilines is 1. The maximum Gasteiger partial charge on any atom is 0.419 e. The van der Waals surface area contributed by atoms with Gasteiger partial charge in [-0.2, -0.15) is 31.4 Å². The zero-order chi connectivity index (χ0) is 20.8. The third-order valence-electron chi connectivity index (χ3n) is 3.95. The Bertz CT molecular complexity index is 796.